The van der Waals surface area contributed by atoms with Gasteiger partial charge in [-0.3, -0.25) is 39.9 Å². The van der Waals surface area contributed by atoms with Gasteiger partial charge in [-0.05, 0) is 36.4 Å². The molecule has 0 spiro atoms. The maximum atomic E-state index is 11.1. The second-order valence-electron chi connectivity index (χ2n) is 7.41. The lowest BCUT2D eigenvalue weighted by Crippen LogP contribution is -2.08. The van der Waals surface area contributed by atoms with Crippen molar-refractivity contribution in [1.29, 1.82) is 5.26 Å². The Labute approximate surface area is 251 Å². The van der Waals surface area contributed by atoms with Crippen LogP contribution in [0.5, 0.6) is 0 Å². The molecule has 0 aliphatic heterocycles. The molecule has 0 bridgehead atoms. The van der Waals surface area contributed by atoms with Crippen LogP contribution in [0, 0.1) is 41.7 Å². The summed E-state index contributed by atoms with van der Waals surface area (Å²) in [6.45, 7) is -1.53. The summed E-state index contributed by atoms with van der Waals surface area (Å²) in [6.07, 6.45) is 0. The van der Waals surface area contributed by atoms with Crippen molar-refractivity contribution in [1.82, 2.24) is 0 Å². The summed E-state index contributed by atoms with van der Waals surface area (Å²) >= 11 is 6.07. The molecule has 3 N–H and O–H groups in total. The number of nitro groups is 3. The lowest BCUT2D eigenvalue weighted by atomic mass is 10.1. The number of nitro benzene ring substituents is 3. The summed E-state index contributed by atoms with van der Waals surface area (Å²) in [7, 11) is 0. The molecule has 42 heavy (non-hydrogen) atoms. The van der Waals surface area contributed by atoms with E-state index in [0.717, 1.165) is 18.2 Å². The number of aliphatic hydroxyl groups is 2. The molecule has 0 atom stereocenters. The van der Waals surface area contributed by atoms with Gasteiger partial charge in [-0.2, -0.15) is 5.26 Å². The Morgan fingerprint density at radius 3 is 1.40 bits per heavy atom. The Morgan fingerprint density at radius 1 is 0.690 bits per heavy atom. The number of ketones is 2. The van der Waals surface area contributed by atoms with Crippen LogP contribution in [0.2, 0.25) is 0 Å². The van der Waals surface area contributed by atoms with E-state index in [-0.39, 0.29) is 27.9 Å². The lowest BCUT2D eigenvalue weighted by Gasteiger charge is -1.99. The van der Waals surface area contributed by atoms with Crippen molar-refractivity contribution in [3.05, 3.63) is 116 Å². The van der Waals surface area contributed by atoms with E-state index in [1.54, 1.807) is 6.07 Å². The number of halogens is 2. The number of nitriles is 1. The van der Waals surface area contributed by atoms with Crippen LogP contribution in [0.4, 0.5) is 17.1 Å². The van der Waals surface area contributed by atoms with E-state index < -0.39 is 56.9 Å². The average Bonchev–Trinajstić information content (AvgIpc) is 2.96. The topological polar surface area (TPSA) is 265 Å². The van der Waals surface area contributed by atoms with Crippen LogP contribution in [-0.4, -0.2) is 60.8 Å². The Balaban J connectivity index is 0.000000316. The van der Waals surface area contributed by atoms with Gasteiger partial charge in [0.25, 0.3) is 17.1 Å². The number of nitrogens with zero attached hydrogens (tertiary/aromatic N) is 4. The highest BCUT2D eigenvalue weighted by Gasteiger charge is 2.21. The highest BCUT2D eigenvalue weighted by molar-refractivity contribution is 9.10. The van der Waals surface area contributed by atoms with E-state index in [1.165, 1.54) is 36.4 Å². The summed E-state index contributed by atoms with van der Waals surface area (Å²) in [5.74, 6) is -2.71. The molecule has 0 radical (unpaired) electrons. The molecule has 0 aliphatic carbocycles. The van der Waals surface area contributed by atoms with Gasteiger partial charge >= 0.3 is 5.97 Å². The number of carboxylic acids is 1. The molecule has 3 aromatic carbocycles. The number of carboxylic acid groups (broad SMARTS) is 1. The quantitative estimate of drug-likeness (QED) is 0.168. The molecule has 0 aliphatic rings. The second kappa shape index (κ2) is 16.3. The van der Waals surface area contributed by atoms with Crippen molar-refractivity contribution in [2.24, 2.45) is 0 Å². The molecule has 0 heterocycles. The minimum absolute atomic E-state index is 0.0827. The molecule has 16 nitrogen and oxygen atoms in total. The van der Waals surface area contributed by atoms with Crippen molar-refractivity contribution in [3.63, 3.8) is 0 Å². The number of aromatic carboxylic acids is 1. The maximum Gasteiger partial charge on any atom is 0.342 e. The van der Waals surface area contributed by atoms with E-state index in [1.807, 2.05) is 0 Å². The smallest absolute Gasteiger partial charge is 0.342 e. The van der Waals surface area contributed by atoms with Crippen LogP contribution in [0.1, 0.15) is 36.6 Å². The van der Waals surface area contributed by atoms with E-state index in [4.69, 9.17) is 20.6 Å². The molecule has 0 amide bonds. The first-order valence-corrected chi connectivity index (χ1v) is 12.3. The van der Waals surface area contributed by atoms with Gasteiger partial charge in [0.1, 0.15) is 18.8 Å². The Morgan fingerprint density at radius 2 is 1.05 bits per heavy atom. The van der Waals surface area contributed by atoms with Crippen LogP contribution in [-0.2, 0) is 0 Å². The van der Waals surface area contributed by atoms with E-state index >= 15 is 0 Å². The molecule has 0 aromatic heterocycles. The number of hydrogen-bond donors (Lipinski definition) is 3. The zero-order chi connectivity index (χ0) is 32.1. The van der Waals surface area contributed by atoms with Crippen LogP contribution >= 0.6 is 31.9 Å². The highest BCUT2D eigenvalue weighted by Crippen LogP contribution is 2.24. The van der Waals surface area contributed by atoms with Gasteiger partial charge in [0.2, 0.25) is 0 Å². The molecular formula is C24H16Br2N4O12. The number of hydrogen-bond acceptors (Lipinski definition) is 12. The zero-order valence-corrected chi connectivity index (χ0v) is 23.8. The van der Waals surface area contributed by atoms with Crippen LogP contribution in [0.3, 0.4) is 0 Å². The number of carbonyl (C=O) groups is 3. The predicted octanol–water partition coefficient (Wildman–Crippen LogP) is 4.23. The van der Waals surface area contributed by atoms with E-state index in [9.17, 15) is 44.7 Å². The first-order chi connectivity index (χ1) is 19.7. The van der Waals surface area contributed by atoms with Gasteiger partial charge in [0, 0.05) is 27.1 Å². The maximum absolute atomic E-state index is 11.1. The molecular weight excluding hydrogens is 696 g/mol. The summed E-state index contributed by atoms with van der Waals surface area (Å²) in [6, 6.07) is 13.0. The fraction of sp³-hybridized carbons (Fsp3) is 0.0833. The Bertz CT molecular complexity index is 1600. The summed E-state index contributed by atoms with van der Waals surface area (Å²) in [4.78, 5) is 62.1. The number of aliphatic hydroxyl groups excluding tert-OH is 2. The Kier molecular flexibility index (Phi) is 13.6. The van der Waals surface area contributed by atoms with Crippen molar-refractivity contribution in [2.45, 2.75) is 0 Å². The van der Waals surface area contributed by atoms with Gasteiger partial charge < -0.3 is 15.3 Å². The predicted molar refractivity (Wildman–Crippen MR) is 149 cm³/mol. The lowest BCUT2D eigenvalue weighted by molar-refractivity contribution is -0.385. The first kappa shape index (κ1) is 35.1. The van der Waals surface area contributed by atoms with Crippen LogP contribution in [0.15, 0.2) is 63.5 Å². The van der Waals surface area contributed by atoms with Crippen molar-refractivity contribution < 1.29 is 44.5 Å². The third-order valence-electron chi connectivity index (χ3n) is 4.75. The molecule has 3 rings (SSSR count). The monoisotopic (exact) mass is 710 g/mol. The van der Waals surface area contributed by atoms with Gasteiger partial charge in [0.15, 0.2) is 11.6 Å². The minimum atomic E-state index is -1.31. The molecule has 0 saturated carbocycles. The number of Topliss-reactive ketones (excluding diaryl/α,β-unsaturated/α-hetero) is 2. The molecule has 0 fully saturated rings. The minimum Gasteiger partial charge on any atom is -0.477 e. The fourth-order valence-electron chi connectivity index (χ4n) is 2.89. The normalized spacial score (nSPS) is 9.60. The van der Waals surface area contributed by atoms with Gasteiger partial charge in [0.05, 0.1) is 37.5 Å². The van der Waals surface area contributed by atoms with Gasteiger partial charge in [-0.25, -0.2) is 4.79 Å². The van der Waals surface area contributed by atoms with Gasteiger partial charge in [-0.1, -0.05) is 31.9 Å². The standard InChI is InChI=1S/C9H6N2O4.C8H6BrNO4.C7H4BrNO4/c10-4-6-1-2-7(9(13)5-12)8(3-6)11(14)15;9-5-1-2-6(8(12)4-11)7(3-5)10(13)14;8-4-1-2-5(7(10)11)6(3-4)9(12)13/h1-3,12H,5H2;1-3,11H,4H2;1-3H,(H,10,11). The molecule has 0 unspecified atom stereocenters. The summed E-state index contributed by atoms with van der Waals surface area (Å²) in [5, 5.41) is 65.8. The third-order valence-corrected chi connectivity index (χ3v) is 5.74. The van der Waals surface area contributed by atoms with E-state index in [0.29, 0.717) is 8.95 Å². The molecule has 218 valence electrons. The van der Waals surface area contributed by atoms with Crippen molar-refractivity contribution >= 4 is 66.5 Å². The highest BCUT2D eigenvalue weighted by atomic mass is 79.9. The zero-order valence-electron chi connectivity index (χ0n) is 20.7. The summed E-state index contributed by atoms with van der Waals surface area (Å²) < 4.78 is 0.989. The molecule has 3 aromatic rings. The number of benzene rings is 3. The Hall–Kier alpha value is -4.96. The SMILES string of the molecule is N#Cc1ccc(C(=O)CO)c([N+](=O)[O-])c1.O=C(CO)c1ccc(Br)cc1[N+](=O)[O-].O=C(O)c1ccc(Br)cc1[N+](=O)[O-]. The largest absolute Gasteiger partial charge is 0.477 e. The second-order valence-corrected chi connectivity index (χ2v) is 9.24. The van der Waals surface area contributed by atoms with Crippen LogP contribution in [0.25, 0.3) is 0 Å². The van der Waals surface area contributed by atoms with E-state index in [2.05, 4.69) is 31.9 Å². The van der Waals surface area contributed by atoms with Crippen LogP contribution < -0.4 is 0 Å². The number of carbonyl (C=O) groups excluding carboxylic acids is 2. The third kappa shape index (κ3) is 9.90. The van der Waals surface area contributed by atoms with Gasteiger partial charge in [-0.15, -0.1) is 0 Å². The van der Waals surface area contributed by atoms with Crippen molar-refractivity contribution in [2.75, 3.05) is 13.2 Å². The van der Waals surface area contributed by atoms with Crippen molar-refractivity contribution in [3.8, 4) is 6.07 Å². The fourth-order valence-corrected chi connectivity index (χ4v) is 3.58. The summed E-state index contributed by atoms with van der Waals surface area (Å²) in [5.41, 5.74) is -1.68. The number of rotatable bonds is 8. The molecule has 0 saturated heterocycles. The first-order valence-electron chi connectivity index (χ1n) is 10.8. The average molecular weight is 712 g/mol. The molecule has 18 heteroatoms.